The van der Waals surface area contributed by atoms with Crippen LogP contribution < -0.4 is 5.01 Å². The Balaban J connectivity index is 1.80. The van der Waals surface area contributed by atoms with Gasteiger partial charge in [0.1, 0.15) is 0 Å². The van der Waals surface area contributed by atoms with E-state index in [0.29, 0.717) is 11.3 Å². The number of methoxy groups -OCH3 is 2. The smallest absolute Gasteiger partial charge is 0.325 e. The van der Waals surface area contributed by atoms with E-state index in [1.807, 2.05) is 78.9 Å². The summed E-state index contributed by atoms with van der Waals surface area (Å²) in [5.74, 6) is -1.66. The summed E-state index contributed by atoms with van der Waals surface area (Å²) < 4.78 is 10.4. The third kappa shape index (κ3) is 3.55. The van der Waals surface area contributed by atoms with Crippen LogP contribution in [0.3, 0.4) is 0 Å². The molecule has 7 nitrogen and oxygen atoms in total. The minimum Gasteiger partial charge on any atom is -0.468 e. The number of hydrogen-bond acceptors (Lipinski definition) is 6. The Hall–Kier alpha value is -4.39. The fraction of sp³-hybridized carbons (Fsp3) is 0.207. The maximum atomic E-state index is 14.2. The summed E-state index contributed by atoms with van der Waals surface area (Å²) in [5.41, 5.74) is 1.13. The summed E-state index contributed by atoms with van der Waals surface area (Å²) in [5, 5.41) is 3.43. The first kappa shape index (κ1) is 23.4. The van der Waals surface area contributed by atoms with Gasteiger partial charge in [0.15, 0.2) is 5.41 Å². The third-order valence-corrected chi connectivity index (χ3v) is 6.97. The van der Waals surface area contributed by atoms with Gasteiger partial charge in [-0.3, -0.25) is 19.4 Å². The third-order valence-electron chi connectivity index (χ3n) is 6.97. The molecule has 0 aromatic heterocycles. The van der Waals surface area contributed by atoms with Crippen molar-refractivity contribution >= 4 is 29.6 Å². The van der Waals surface area contributed by atoms with Crippen molar-refractivity contribution in [3.63, 3.8) is 0 Å². The van der Waals surface area contributed by atoms with Gasteiger partial charge in [-0.15, -0.1) is 0 Å². The van der Waals surface area contributed by atoms with Crippen molar-refractivity contribution in [2.45, 2.75) is 18.5 Å². The molecule has 1 saturated heterocycles. The van der Waals surface area contributed by atoms with E-state index >= 15 is 0 Å². The minimum atomic E-state index is -1.71. The highest BCUT2D eigenvalue weighted by molar-refractivity contribution is 6.04. The summed E-state index contributed by atoms with van der Waals surface area (Å²) >= 11 is 0. The zero-order valence-corrected chi connectivity index (χ0v) is 20.0. The molecule has 1 fully saturated rings. The number of hydrazine groups is 1. The van der Waals surface area contributed by atoms with Gasteiger partial charge in [0.25, 0.3) is 5.91 Å². The summed E-state index contributed by atoms with van der Waals surface area (Å²) in [6.45, 7) is 0. The van der Waals surface area contributed by atoms with Crippen LogP contribution in [0.15, 0.2) is 91.0 Å². The fourth-order valence-corrected chi connectivity index (χ4v) is 5.29. The zero-order chi connectivity index (χ0) is 25.3. The van der Waals surface area contributed by atoms with Gasteiger partial charge in [0.2, 0.25) is 0 Å². The Kier molecular flexibility index (Phi) is 6.06. The van der Waals surface area contributed by atoms with Crippen LogP contribution in [0.4, 0.5) is 5.69 Å². The predicted octanol–water partition coefficient (Wildman–Crippen LogP) is 4.42. The average molecular weight is 483 g/mol. The number of carbonyl (C=O) groups is 3. The SMILES string of the molecule is COC(=O)C1(C(=O)OC)C[C@H](c2ccccc2)N(C(=O)c2ccccc2)N2c3ccccc3C=C[C@H]21. The molecule has 7 heteroatoms. The average Bonchev–Trinajstić information content (AvgIpc) is 2.95. The first-order valence-electron chi connectivity index (χ1n) is 11.7. The van der Waals surface area contributed by atoms with Crippen molar-refractivity contribution in [3.8, 4) is 0 Å². The molecule has 1 amide bonds. The number of benzene rings is 3. The number of carbonyl (C=O) groups excluding carboxylic acids is 3. The quantitative estimate of drug-likeness (QED) is 0.405. The van der Waals surface area contributed by atoms with E-state index in [2.05, 4.69) is 0 Å². The summed E-state index contributed by atoms with van der Waals surface area (Å²) in [6, 6.07) is 24.5. The molecule has 3 aromatic carbocycles. The van der Waals surface area contributed by atoms with Gasteiger partial charge < -0.3 is 9.47 Å². The zero-order valence-electron chi connectivity index (χ0n) is 20.0. The molecule has 0 radical (unpaired) electrons. The number of fused-ring (bicyclic) bond motifs is 3. The van der Waals surface area contributed by atoms with E-state index in [4.69, 9.17) is 9.47 Å². The lowest BCUT2D eigenvalue weighted by molar-refractivity contribution is -0.175. The van der Waals surface area contributed by atoms with Crippen LogP contribution in [-0.2, 0) is 19.1 Å². The minimum absolute atomic E-state index is 0.0113. The summed E-state index contributed by atoms with van der Waals surface area (Å²) in [6.07, 6.45) is 3.64. The second-order valence-electron chi connectivity index (χ2n) is 8.81. The van der Waals surface area contributed by atoms with E-state index < -0.39 is 29.4 Å². The first-order chi connectivity index (χ1) is 17.5. The number of esters is 2. The Morgan fingerprint density at radius 2 is 1.39 bits per heavy atom. The van der Waals surface area contributed by atoms with Gasteiger partial charge in [-0.25, -0.2) is 5.01 Å². The van der Waals surface area contributed by atoms with Crippen molar-refractivity contribution in [1.29, 1.82) is 0 Å². The van der Waals surface area contributed by atoms with Crippen LogP contribution in [0.5, 0.6) is 0 Å². The van der Waals surface area contributed by atoms with E-state index in [0.717, 1.165) is 11.1 Å². The van der Waals surface area contributed by atoms with Crippen LogP contribution in [0.25, 0.3) is 6.08 Å². The number of nitrogens with zero attached hydrogens (tertiary/aromatic N) is 2. The number of amides is 1. The fourth-order valence-electron chi connectivity index (χ4n) is 5.29. The number of anilines is 1. The maximum absolute atomic E-state index is 14.2. The molecule has 5 rings (SSSR count). The number of hydrogen-bond donors (Lipinski definition) is 0. The first-order valence-corrected chi connectivity index (χ1v) is 11.7. The lowest BCUT2D eigenvalue weighted by Crippen LogP contribution is -2.68. The van der Waals surface area contributed by atoms with Gasteiger partial charge in [-0.1, -0.05) is 78.9 Å². The van der Waals surface area contributed by atoms with Gasteiger partial charge in [-0.05, 0) is 29.3 Å². The predicted molar refractivity (Wildman–Crippen MR) is 135 cm³/mol. The number of para-hydroxylation sites is 1. The maximum Gasteiger partial charge on any atom is 0.325 e. The normalized spacial score (nSPS) is 19.6. The molecule has 182 valence electrons. The molecule has 0 spiro atoms. The Bertz CT molecular complexity index is 1310. The lowest BCUT2D eigenvalue weighted by atomic mass is 9.70. The molecule has 0 N–H and O–H groups in total. The molecular formula is C29H26N2O5. The number of ether oxygens (including phenoxy) is 2. The highest BCUT2D eigenvalue weighted by atomic mass is 16.5. The van der Waals surface area contributed by atoms with Gasteiger partial charge >= 0.3 is 11.9 Å². The second-order valence-corrected chi connectivity index (χ2v) is 8.81. The van der Waals surface area contributed by atoms with Crippen LogP contribution in [0.1, 0.15) is 33.9 Å². The topological polar surface area (TPSA) is 76.2 Å². The van der Waals surface area contributed by atoms with Crippen molar-refractivity contribution in [3.05, 3.63) is 108 Å². The molecular weight excluding hydrogens is 456 g/mol. The summed E-state index contributed by atoms with van der Waals surface area (Å²) in [7, 11) is 2.52. The van der Waals surface area contributed by atoms with Gasteiger partial charge in [0.05, 0.1) is 32.0 Å². The van der Waals surface area contributed by atoms with Crippen molar-refractivity contribution in [2.75, 3.05) is 19.2 Å². The largest absolute Gasteiger partial charge is 0.468 e. The van der Waals surface area contributed by atoms with Gasteiger partial charge in [0, 0.05) is 12.0 Å². The van der Waals surface area contributed by atoms with Crippen molar-refractivity contribution in [1.82, 2.24) is 5.01 Å². The van der Waals surface area contributed by atoms with Crippen molar-refractivity contribution in [2.24, 2.45) is 5.41 Å². The molecule has 2 atom stereocenters. The molecule has 0 bridgehead atoms. The standard InChI is InChI=1S/C29H26N2O5/c1-35-27(33)29(28(34)36-2)19-24(20-11-5-3-6-12-20)31(26(32)22-14-7-4-8-15-22)30-23-16-10-9-13-21(23)17-18-25(29)30/h3-18,24-25H,19H2,1-2H3/t24-,25+/m1/s1. The highest BCUT2D eigenvalue weighted by Gasteiger charge is 2.63. The Labute approximate surface area is 209 Å². The van der Waals surface area contributed by atoms with E-state index in [-0.39, 0.29) is 12.3 Å². The van der Waals surface area contributed by atoms with E-state index in [1.54, 1.807) is 28.2 Å². The molecule has 0 aliphatic carbocycles. The monoisotopic (exact) mass is 482 g/mol. The second kappa shape index (κ2) is 9.34. The highest BCUT2D eigenvalue weighted by Crippen LogP contribution is 2.51. The van der Waals surface area contributed by atoms with Crippen LogP contribution in [-0.4, -0.2) is 43.1 Å². The van der Waals surface area contributed by atoms with E-state index in [9.17, 15) is 14.4 Å². The molecule has 2 aliphatic rings. The summed E-state index contributed by atoms with van der Waals surface area (Å²) in [4.78, 5) is 41.2. The van der Waals surface area contributed by atoms with Crippen LogP contribution in [0.2, 0.25) is 0 Å². The van der Waals surface area contributed by atoms with Crippen molar-refractivity contribution < 1.29 is 23.9 Å². The van der Waals surface area contributed by atoms with Gasteiger partial charge in [-0.2, -0.15) is 0 Å². The molecule has 36 heavy (non-hydrogen) atoms. The van der Waals surface area contributed by atoms with Crippen LogP contribution >= 0.6 is 0 Å². The molecule has 3 aromatic rings. The molecule has 2 aliphatic heterocycles. The van der Waals surface area contributed by atoms with Crippen LogP contribution in [0, 0.1) is 5.41 Å². The Morgan fingerprint density at radius 3 is 2.03 bits per heavy atom. The number of rotatable bonds is 4. The molecule has 0 saturated carbocycles. The van der Waals surface area contributed by atoms with E-state index in [1.165, 1.54) is 14.2 Å². The Morgan fingerprint density at radius 1 is 0.806 bits per heavy atom. The molecule has 2 heterocycles. The lowest BCUT2D eigenvalue weighted by Gasteiger charge is -2.56. The molecule has 0 unspecified atom stereocenters.